The number of rotatable bonds is 6. The largest absolute Gasteiger partial charge is 0.376 e. The maximum Gasteiger partial charge on any atom is 0.253 e. The molecule has 2 aromatic carbocycles. The predicted molar refractivity (Wildman–Crippen MR) is 135 cm³/mol. The molecule has 1 atom stereocenters. The minimum Gasteiger partial charge on any atom is -0.376 e. The van der Waals surface area contributed by atoms with E-state index in [0.717, 1.165) is 48.0 Å². The summed E-state index contributed by atoms with van der Waals surface area (Å²) >= 11 is 5.83. The monoisotopic (exact) mass is 449 g/mol. The Kier molecular flexibility index (Phi) is 6.92. The number of nitrogens with zero attached hydrogens (tertiary/aromatic N) is 1. The third kappa shape index (κ3) is 5.03. The van der Waals surface area contributed by atoms with Gasteiger partial charge in [-0.3, -0.25) is 4.79 Å². The second-order valence-corrected chi connectivity index (χ2v) is 9.01. The summed E-state index contributed by atoms with van der Waals surface area (Å²) in [6.45, 7) is 8.10. The lowest BCUT2D eigenvalue weighted by Gasteiger charge is -2.28. The lowest BCUT2D eigenvalue weighted by molar-refractivity contribution is 0.0904. The van der Waals surface area contributed by atoms with Gasteiger partial charge in [-0.05, 0) is 80.0 Å². The van der Waals surface area contributed by atoms with Gasteiger partial charge in [0.2, 0.25) is 0 Å². The standard InChI is InChI=1S/C26H31N3O2S/c1-4-19-8-5-6-10-23(19)27-26(32)29(16-22-9-7-11-31-22)15-21-14-20-13-17(2)12-18(3)24(20)28-25(21)30/h5-6,8,10,12-14,22H,4,7,9,11,15-16H2,1-3H3,(H,27,32)(H,28,30). The van der Waals surface area contributed by atoms with Crippen LogP contribution < -0.4 is 10.9 Å². The quantitative estimate of drug-likeness (QED) is 0.514. The first-order valence-corrected chi connectivity index (χ1v) is 11.7. The first kappa shape index (κ1) is 22.5. The van der Waals surface area contributed by atoms with Crippen molar-refractivity contribution in [3.05, 3.63) is 75.1 Å². The molecule has 1 aliphatic heterocycles. The Morgan fingerprint density at radius 1 is 1.22 bits per heavy atom. The van der Waals surface area contributed by atoms with Crippen LogP contribution in [0.1, 0.15) is 42.0 Å². The number of thiocarbonyl (C=S) groups is 1. The summed E-state index contributed by atoms with van der Waals surface area (Å²) in [5.74, 6) is 0. The molecule has 3 aromatic rings. The Hall–Kier alpha value is -2.70. The van der Waals surface area contributed by atoms with Crippen LogP contribution in [-0.4, -0.2) is 34.3 Å². The van der Waals surface area contributed by atoms with Gasteiger partial charge >= 0.3 is 0 Å². The maximum absolute atomic E-state index is 12.9. The molecule has 1 aliphatic rings. The van der Waals surface area contributed by atoms with Gasteiger partial charge in [0.15, 0.2) is 5.11 Å². The van der Waals surface area contributed by atoms with Crippen molar-refractivity contribution in [1.29, 1.82) is 0 Å². The van der Waals surface area contributed by atoms with E-state index in [9.17, 15) is 4.79 Å². The number of hydrogen-bond donors (Lipinski definition) is 2. The van der Waals surface area contributed by atoms with Crippen LogP contribution in [0.25, 0.3) is 10.9 Å². The Morgan fingerprint density at radius 3 is 2.78 bits per heavy atom. The normalized spacial score (nSPS) is 15.8. The Labute approximate surface area is 194 Å². The average molecular weight is 450 g/mol. The number of para-hydroxylation sites is 1. The number of ether oxygens (including phenoxy) is 1. The third-order valence-electron chi connectivity index (χ3n) is 6.11. The molecule has 4 rings (SSSR count). The zero-order valence-electron chi connectivity index (χ0n) is 19.0. The summed E-state index contributed by atoms with van der Waals surface area (Å²) in [6, 6.07) is 14.4. The smallest absolute Gasteiger partial charge is 0.253 e. The fourth-order valence-electron chi connectivity index (χ4n) is 4.45. The minimum absolute atomic E-state index is 0.0708. The number of hydrogen-bond acceptors (Lipinski definition) is 3. The molecule has 0 saturated carbocycles. The number of benzene rings is 2. The highest BCUT2D eigenvalue weighted by molar-refractivity contribution is 7.80. The Morgan fingerprint density at radius 2 is 2.03 bits per heavy atom. The molecule has 0 amide bonds. The van der Waals surface area contributed by atoms with Crippen molar-refractivity contribution in [2.45, 2.75) is 52.7 Å². The summed E-state index contributed by atoms with van der Waals surface area (Å²) in [7, 11) is 0. The van der Waals surface area contributed by atoms with Crippen LogP contribution in [0.3, 0.4) is 0 Å². The molecule has 5 nitrogen and oxygen atoms in total. The molecule has 168 valence electrons. The number of nitrogens with one attached hydrogen (secondary N) is 2. The van der Waals surface area contributed by atoms with Crippen molar-refractivity contribution in [2.24, 2.45) is 0 Å². The number of H-pyrrole nitrogens is 1. The number of pyridine rings is 1. The second-order valence-electron chi connectivity index (χ2n) is 8.63. The first-order valence-electron chi connectivity index (χ1n) is 11.3. The highest BCUT2D eigenvalue weighted by Crippen LogP contribution is 2.21. The summed E-state index contributed by atoms with van der Waals surface area (Å²) in [5.41, 5.74) is 6.00. The number of fused-ring (bicyclic) bond motifs is 1. The van der Waals surface area contributed by atoms with Gasteiger partial charge in [0, 0.05) is 24.4 Å². The molecule has 0 bridgehead atoms. The van der Waals surface area contributed by atoms with Gasteiger partial charge in [-0.2, -0.15) is 0 Å². The molecule has 32 heavy (non-hydrogen) atoms. The molecule has 1 fully saturated rings. The van der Waals surface area contributed by atoms with Crippen LogP contribution >= 0.6 is 12.2 Å². The lowest BCUT2D eigenvalue weighted by Crippen LogP contribution is -2.40. The van der Waals surface area contributed by atoms with Crippen molar-refractivity contribution in [2.75, 3.05) is 18.5 Å². The maximum atomic E-state index is 12.9. The summed E-state index contributed by atoms with van der Waals surface area (Å²) < 4.78 is 5.88. The van der Waals surface area contributed by atoms with Crippen LogP contribution in [0, 0.1) is 13.8 Å². The van der Waals surface area contributed by atoms with Crippen LogP contribution in [0.2, 0.25) is 0 Å². The fraction of sp³-hybridized carbons (Fsp3) is 0.385. The third-order valence-corrected chi connectivity index (χ3v) is 6.47. The Balaban J connectivity index is 1.64. The molecule has 6 heteroatoms. The molecule has 0 aliphatic carbocycles. The molecule has 1 saturated heterocycles. The zero-order chi connectivity index (χ0) is 22.7. The van der Waals surface area contributed by atoms with E-state index in [4.69, 9.17) is 17.0 Å². The molecule has 0 spiro atoms. The van der Waals surface area contributed by atoms with Gasteiger partial charge < -0.3 is 19.9 Å². The fourth-order valence-corrected chi connectivity index (χ4v) is 4.70. The predicted octanol–water partition coefficient (Wildman–Crippen LogP) is 5.09. The topological polar surface area (TPSA) is 57.4 Å². The number of aryl methyl sites for hydroxylation is 3. The van der Waals surface area contributed by atoms with E-state index in [-0.39, 0.29) is 11.7 Å². The summed E-state index contributed by atoms with van der Waals surface area (Å²) in [5, 5.41) is 5.08. The molecular weight excluding hydrogens is 418 g/mol. The molecule has 2 heterocycles. The van der Waals surface area contributed by atoms with E-state index >= 15 is 0 Å². The van der Waals surface area contributed by atoms with Gasteiger partial charge in [0.25, 0.3) is 5.56 Å². The van der Waals surface area contributed by atoms with Crippen LogP contribution in [0.4, 0.5) is 5.69 Å². The average Bonchev–Trinajstić information content (AvgIpc) is 3.28. The highest BCUT2D eigenvalue weighted by Gasteiger charge is 2.22. The van der Waals surface area contributed by atoms with Gasteiger partial charge in [-0.1, -0.05) is 36.8 Å². The SMILES string of the molecule is CCc1ccccc1NC(=S)N(Cc1cc2cc(C)cc(C)c2[nH]c1=O)CC1CCCO1. The first-order chi connectivity index (χ1) is 15.4. The van der Waals surface area contributed by atoms with Crippen LogP contribution in [-0.2, 0) is 17.7 Å². The van der Waals surface area contributed by atoms with Crippen molar-refractivity contribution in [3.63, 3.8) is 0 Å². The van der Waals surface area contributed by atoms with Gasteiger partial charge in [0.05, 0.1) is 18.2 Å². The molecule has 1 aromatic heterocycles. The molecule has 1 unspecified atom stereocenters. The summed E-state index contributed by atoms with van der Waals surface area (Å²) in [4.78, 5) is 18.1. The molecule has 2 N–H and O–H groups in total. The van der Waals surface area contributed by atoms with Gasteiger partial charge in [-0.15, -0.1) is 0 Å². The zero-order valence-corrected chi connectivity index (χ0v) is 19.8. The lowest BCUT2D eigenvalue weighted by atomic mass is 10.1. The van der Waals surface area contributed by atoms with E-state index in [1.807, 2.05) is 31.2 Å². The van der Waals surface area contributed by atoms with Crippen molar-refractivity contribution in [3.8, 4) is 0 Å². The second kappa shape index (κ2) is 9.84. The molecule has 0 radical (unpaired) electrons. The van der Waals surface area contributed by atoms with Crippen LogP contribution in [0.5, 0.6) is 0 Å². The number of anilines is 1. The van der Waals surface area contributed by atoms with E-state index in [1.165, 1.54) is 11.1 Å². The van der Waals surface area contributed by atoms with Gasteiger partial charge in [-0.25, -0.2) is 0 Å². The van der Waals surface area contributed by atoms with E-state index < -0.39 is 0 Å². The Bertz CT molecular complexity index is 1180. The van der Waals surface area contributed by atoms with Crippen LogP contribution in [0.15, 0.2) is 47.3 Å². The van der Waals surface area contributed by atoms with E-state index in [2.05, 4.69) is 47.2 Å². The van der Waals surface area contributed by atoms with Crippen molar-refractivity contribution >= 4 is 33.9 Å². The molecular formula is C26H31N3O2S. The van der Waals surface area contributed by atoms with Gasteiger partial charge in [0.1, 0.15) is 0 Å². The summed E-state index contributed by atoms with van der Waals surface area (Å²) in [6.07, 6.45) is 3.12. The highest BCUT2D eigenvalue weighted by atomic mass is 32.1. The van der Waals surface area contributed by atoms with E-state index in [1.54, 1.807) is 0 Å². The number of aromatic amines is 1. The van der Waals surface area contributed by atoms with Crippen molar-refractivity contribution in [1.82, 2.24) is 9.88 Å². The minimum atomic E-state index is -0.0708. The van der Waals surface area contributed by atoms with E-state index in [0.29, 0.717) is 23.8 Å². The van der Waals surface area contributed by atoms with Crippen molar-refractivity contribution < 1.29 is 4.74 Å². The number of aromatic nitrogens is 1.